The lowest BCUT2D eigenvalue weighted by atomic mass is 9.96. The Kier molecular flexibility index (Phi) is 7.74. The van der Waals surface area contributed by atoms with E-state index < -0.39 is 0 Å². The topological polar surface area (TPSA) is 75.1 Å². The molecule has 0 radical (unpaired) electrons. The minimum Gasteiger partial charge on any atom is -0.352 e. The number of hydrogen-bond donors (Lipinski definition) is 2. The van der Waals surface area contributed by atoms with Crippen molar-refractivity contribution >= 4 is 28.9 Å². The van der Waals surface area contributed by atoms with Crippen molar-refractivity contribution in [3.05, 3.63) is 113 Å². The fourth-order valence-corrected chi connectivity index (χ4v) is 5.67. The smallest absolute Gasteiger partial charge is 0.226 e. The number of anilines is 1. The van der Waals surface area contributed by atoms with Gasteiger partial charge in [0.1, 0.15) is 0 Å². The number of hydrogen-bond acceptors (Lipinski definition) is 4. The van der Waals surface area contributed by atoms with Crippen molar-refractivity contribution in [1.82, 2.24) is 24.8 Å². The number of benzene rings is 1. The van der Waals surface area contributed by atoms with Crippen LogP contribution in [0.2, 0.25) is 0 Å². The van der Waals surface area contributed by atoms with E-state index >= 15 is 0 Å². The molecule has 1 amide bonds. The Morgan fingerprint density at radius 2 is 1.90 bits per heavy atom. The molecule has 2 N–H and O–H groups in total. The standard InChI is InChI=1S/C31H34N6OS/c1-20-10-11-21(2)27(16-20)34-28(38)12-15-36-30(29(35-31(36)39)26-9-5-6-14-33-26)25-17-22(3)37(23(25)4)19-24-8-7-13-32-18-24/h5-11,13-14,16-18,29-30H,12,15,19H2,1-4H3,(H,34,38)(H,35,39). The number of rotatable bonds is 8. The minimum absolute atomic E-state index is 0.0337. The van der Waals surface area contributed by atoms with Crippen molar-refractivity contribution in [2.45, 2.75) is 52.7 Å². The zero-order valence-corrected chi connectivity index (χ0v) is 23.6. The summed E-state index contributed by atoms with van der Waals surface area (Å²) in [7, 11) is 0. The SMILES string of the molecule is Cc1ccc(C)c(NC(=O)CCN2C(=S)NC(c3ccccn3)C2c2cc(C)n(Cc3cccnc3)c2C)c1. The summed E-state index contributed by atoms with van der Waals surface area (Å²) >= 11 is 5.84. The molecule has 2 atom stereocenters. The second-order valence-corrected chi connectivity index (χ2v) is 10.6. The van der Waals surface area contributed by atoms with E-state index in [0.29, 0.717) is 18.1 Å². The van der Waals surface area contributed by atoms with Gasteiger partial charge in [-0.25, -0.2) is 0 Å². The molecule has 1 aliphatic heterocycles. The Morgan fingerprint density at radius 1 is 1.05 bits per heavy atom. The summed E-state index contributed by atoms with van der Waals surface area (Å²) in [5.41, 5.74) is 8.58. The van der Waals surface area contributed by atoms with Gasteiger partial charge in [0, 0.05) is 55.2 Å². The van der Waals surface area contributed by atoms with Gasteiger partial charge in [0.05, 0.1) is 17.8 Å². The molecule has 1 aliphatic rings. The molecule has 1 saturated heterocycles. The van der Waals surface area contributed by atoms with Gasteiger partial charge < -0.3 is 20.1 Å². The van der Waals surface area contributed by atoms with E-state index in [1.54, 1.807) is 6.20 Å². The van der Waals surface area contributed by atoms with Crippen molar-refractivity contribution in [3.63, 3.8) is 0 Å². The average Bonchev–Trinajstić information content (AvgIpc) is 3.41. The zero-order chi connectivity index (χ0) is 27.5. The fourth-order valence-electron chi connectivity index (χ4n) is 5.33. The van der Waals surface area contributed by atoms with Crippen molar-refractivity contribution in [3.8, 4) is 0 Å². The largest absolute Gasteiger partial charge is 0.352 e. The van der Waals surface area contributed by atoms with Gasteiger partial charge >= 0.3 is 0 Å². The Morgan fingerprint density at radius 3 is 2.64 bits per heavy atom. The second-order valence-electron chi connectivity index (χ2n) is 10.2. The van der Waals surface area contributed by atoms with Crippen LogP contribution in [0.5, 0.6) is 0 Å². The summed E-state index contributed by atoms with van der Waals surface area (Å²) in [6, 6.07) is 18.1. The van der Waals surface area contributed by atoms with Crippen LogP contribution in [0, 0.1) is 27.7 Å². The van der Waals surface area contributed by atoms with Crippen LogP contribution in [0.4, 0.5) is 5.69 Å². The van der Waals surface area contributed by atoms with Crippen LogP contribution in [-0.2, 0) is 11.3 Å². The molecular weight excluding hydrogens is 504 g/mol. The first-order valence-corrected chi connectivity index (χ1v) is 13.6. The normalized spacial score (nSPS) is 16.8. The van der Waals surface area contributed by atoms with Crippen LogP contribution in [0.25, 0.3) is 0 Å². The molecule has 2 unspecified atom stereocenters. The highest BCUT2D eigenvalue weighted by atomic mass is 32.1. The third-order valence-electron chi connectivity index (χ3n) is 7.44. The Bertz CT molecular complexity index is 1480. The lowest BCUT2D eigenvalue weighted by Crippen LogP contribution is -2.33. The highest BCUT2D eigenvalue weighted by Gasteiger charge is 2.41. The van der Waals surface area contributed by atoms with Gasteiger partial charge in [0.25, 0.3) is 0 Å². The van der Waals surface area contributed by atoms with E-state index in [1.807, 2.05) is 68.7 Å². The molecule has 1 aromatic carbocycles. The molecule has 8 heteroatoms. The first-order chi connectivity index (χ1) is 18.8. The minimum atomic E-state index is -0.131. The summed E-state index contributed by atoms with van der Waals surface area (Å²) < 4.78 is 2.31. The van der Waals surface area contributed by atoms with Gasteiger partial charge in [-0.15, -0.1) is 0 Å². The van der Waals surface area contributed by atoms with Gasteiger partial charge in [-0.2, -0.15) is 0 Å². The highest BCUT2D eigenvalue weighted by Crippen LogP contribution is 2.41. The van der Waals surface area contributed by atoms with Crippen LogP contribution in [0.1, 0.15) is 57.8 Å². The molecule has 5 rings (SSSR count). The Labute approximate surface area is 235 Å². The van der Waals surface area contributed by atoms with Crippen molar-refractivity contribution in [1.29, 1.82) is 0 Å². The Hall–Kier alpha value is -4.04. The predicted octanol–water partition coefficient (Wildman–Crippen LogP) is 5.56. The molecule has 7 nitrogen and oxygen atoms in total. The second kappa shape index (κ2) is 11.4. The maximum Gasteiger partial charge on any atom is 0.226 e. The summed E-state index contributed by atoms with van der Waals surface area (Å²) in [6.07, 6.45) is 5.82. The molecule has 1 fully saturated rings. The number of pyridine rings is 2. The molecule has 4 heterocycles. The molecule has 3 aromatic heterocycles. The molecule has 0 spiro atoms. The van der Waals surface area contributed by atoms with Crippen molar-refractivity contribution < 1.29 is 4.79 Å². The van der Waals surface area contributed by atoms with Crippen molar-refractivity contribution in [2.75, 3.05) is 11.9 Å². The van der Waals surface area contributed by atoms with Gasteiger partial charge in [0.2, 0.25) is 5.91 Å². The van der Waals surface area contributed by atoms with Gasteiger partial charge in [-0.1, -0.05) is 24.3 Å². The maximum absolute atomic E-state index is 13.0. The number of nitrogens with one attached hydrogen (secondary N) is 2. The first-order valence-electron chi connectivity index (χ1n) is 13.2. The molecule has 0 bridgehead atoms. The van der Waals surface area contributed by atoms with Crippen LogP contribution in [0.15, 0.2) is 73.2 Å². The van der Waals surface area contributed by atoms with Crippen LogP contribution >= 0.6 is 12.2 Å². The average molecular weight is 539 g/mol. The molecule has 200 valence electrons. The number of thiocarbonyl (C=S) groups is 1. The van der Waals surface area contributed by atoms with Crippen LogP contribution in [-0.4, -0.2) is 37.0 Å². The van der Waals surface area contributed by atoms with Gasteiger partial charge in [0.15, 0.2) is 5.11 Å². The quantitative estimate of drug-likeness (QED) is 0.286. The summed E-state index contributed by atoms with van der Waals surface area (Å²) in [6.45, 7) is 9.54. The molecule has 39 heavy (non-hydrogen) atoms. The van der Waals surface area contributed by atoms with E-state index in [4.69, 9.17) is 12.2 Å². The van der Waals surface area contributed by atoms with Crippen molar-refractivity contribution in [2.24, 2.45) is 0 Å². The number of nitrogens with zero attached hydrogens (tertiary/aromatic N) is 4. The number of carbonyl (C=O) groups is 1. The predicted molar refractivity (Wildman–Crippen MR) is 159 cm³/mol. The van der Waals surface area contributed by atoms with Gasteiger partial charge in [-0.3, -0.25) is 14.8 Å². The first kappa shape index (κ1) is 26.6. The third kappa shape index (κ3) is 5.71. The van der Waals surface area contributed by atoms with Crippen LogP contribution in [0.3, 0.4) is 0 Å². The van der Waals surface area contributed by atoms with E-state index in [2.05, 4.69) is 56.0 Å². The lowest BCUT2D eigenvalue weighted by Gasteiger charge is -2.28. The Balaban J connectivity index is 1.43. The van der Waals surface area contributed by atoms with E-state index in [9.17, 15) is 4.79 Å². The summed E-state index contributed by atoms with van der Waals surface area (Å²) in [4.78, 5) is 24.1. The molecular formula is C31H34N6OS. The maximum atomic E-state index is 13.0. The van der Waals surface area contributed by atoms with E-state index in [-0.39, 0.29) is 18.0 Å². The van der Waals surface area contributed by atoms with Gasteiger partial charge in [-0.05, 0) is 92.5 Å². The fraction of sp³-hybridized carbons (Fsp3) is 0.290. The van der Waals surface area contributed by atoms with Crippen LogP contribution < -0.4 is 10.6 Å². The zero-order valence-electron chi connectivity index (χ0n) is 22.8. The molecule has 0 saturated carbocycles. The lowest BCUT2D eigenvalue weighted by molar-refractivity contribution is -0.116. The number of aryl methyl sites for hydroxylation is 3. The number of aromatic nitrogens is 3. The monoisotopic (exact) mass is 538 g/mol. The number of carbonyl (C=O) groups excluding carboxylic acids is 1. The van der Waals surface area contributed by atoms with E-state index in [1.165, 1.54) is 11.3 Å². The van der Waals surface area contributed by atoms with E-state index in [0.717, 1.165) is 40.3 Å². The summed E-state index contributed by atoms with van der Waals surface area (Å²) in [5.74, 6) is -0.0337. The molecule has 4 aromatic rings. The summed E-state index contributed by atoms with van der Waals surface area (Å²) in [5, 5.41) is 7.23. The number of amides is 1. The highest BCUT2D eigenvalue weighted by molar-refractivity contribution is 7.80. The third-order valence-corrected chi connectivity index (χ3v) is 7.79. The molecule has 0 aliphatic carbocycles.